The van der Waals surface area contributed by atoms with Crippen LogP contribution >= 0.6 is 0 Å². The maximum atomic E-state index is 6.20. The van der Waals surface area contributed by atoms with Gasteiger partial charge in [0, 0.05) is 11.1 Å². The van der Waals surface area contributed by atoms with Gasteiger partial charge in [0.05, 0.1) is 0 Å². The van der Waals surface area contributed by atoms with E-state index >= 15 is 0 Å². The lowest BCUT2D eigenvalue weighted by molar-refractivity contribution is 0.176. The maximum absolute atomic E-state index is 6.20. The lowest BCUT2D eigenvalue weighted by Gasteiger charge is -2.11. The van der Waals surface area contributed by atoms with Gasteiger partial charge < -0.3 is 4.74 Å². The first-order valence-corrected chi connectivity index (χ1v) is 7.41. The molecule has 1 heteroatoms. The Hall–Kier alpha value is -2.02. The summed E-state index contributed by atoms with van der Waals surface area (Å²) < 4.78 is 6.20. The number of unbranched alkanes of at least 4 members (excludes halogenated alkanes) is 1. The standard InChI is InChI=1S/C19H20O/c1-2-3-13-18-16-11-7-8-12-17(16)19(20-18)14-15-9-5-4-6-10-15/h4-12,14,18H,2-3,13H2,1H3/b19-14-. The molecule has 0 amide bonds. The van der Waals surface area contributed by atoms with Crippen LogP contribution in [0.4, 0.5) is 0 Å². The first-order valence-electron chi connectivity index (χ1n) is 7.41. The van der Waals surface area contributed by atoms with Gasteiger partial charge in [-0.05, 0) is 24.5 Å². The van der Waals surface area contributed by atoms with Gasteiger partial charge in [-0.1, -0.05) is 67.9 Å². The van der Waals surface area contributed by atoms with Crippen LogP contribution in [0.5, 0.6) is 0 Å². The van der Waals surface area contributed by atoms with Crippen molar-refractivity contribution in [2.24, 2.45) is 0 Å². The molecule has 2 aromatic carbocycles. The van der Waals surface area contributed by atoms with Crippen LogP contribution in [0, 0.1) is 0 Å². The Morgan fingerprint density at radius 2 is 1.75 bits per heavy atom. The second-order valence-electron chi connectivity index (χ2n) is 5.26. The molecule has 0 aliphatic carbocycles. The minimum atomic E-state index is 0.223. The van der Waals surface area contributed by atoms with Crippen molar-refractivity contribution in [1.82, 2.24) is 0 Å². The molecular formula is C19H20O. The van der Waals surface area contributed by atoms with Crippen molar-refractivity contribution >= 4 is 11.8 Å². The fraction of sp³-hybridized carbons (Fsp3) is 0.263. The highest BCUT2D eigenvalue weighted by atomic mass is 16.5. The van der Waals surface area contributed by atoms with Crippen LogP contribution in [-0.2, 0) is 4.74 Å². The molecule has 0 fully saturated rings. The first kappa shape index (κ1) is 13.0. The minimum Gasteiger partial charge on any atom is -0.485 e. The average Bonchev–Trinajstić information content (AvgIpc) is 2.85. The van der Waals surface area contributed by atoms with Gasteiger partial charge in [0.15, 0.2) is 0 Å². The predicted molar refractivity (Wildman–Crippen MR) is 84.1 cm³/mol. The van der Waals surface area contributed by atoms with Crippen LogP contribution in [0.1, 0.15) is 49.0 Å². The minimum absolute atomic E-state index is 0.223. The Morgan fingerprint density at radius 3 is 2.55 bits per heavy atom. The van der Waals surface area contributed by atoms with Crippen LogP contribution in [0.2, 0.25) is 0 Å². The molecule has 1 nitrogen and oxygen atoms in total. The molecule has 20 heavy (non-hydrogen) atoms. The molecule has 0 aromatic heterocycles. The van der Waals surface area contributed by atoms with Crippen LogP contribution in [-0.4, -0.2) is 0 Å². The van der Waals surface area contributed by atoms with Gasteiger partial charge in [-0.2, -0.15) is 0 Å². The number of benzene rings is 2. The molecule has 0 bridgehead atoms. The Balaban J connectivity index is 1.93. The molecule has 2 aromatic rings. The molecule has 102 valence electrons. The molecule has 1 aliphatic rings. The third-order valence-electron chi connectivity index (χ3n) is 3.76. The summed E-state index contributed by atoms with van der Waals surface area (Å²) >= 11 is 0. The van der Waals surface area contributed by atoms with E-state index in [4.69, 9.17) is 4.74 Å². The normalized spacial score (nSPS) is 18.9. The predicted octanol–water partition coefficient (Wildman–Crippen LogP) is 5.45. The number of ether oxygens (including phenoxy) is 1. The largest absolute Gasteiger partial charge is 0.485 e. The Kier molecular flexibility index (Phi) is 3.87. The highest BCUT2D eigenvalue weighted by molar-refractivity contribution is 5.81. The molecule has 1 atom stereocenters. The molecule has 0 saturated heterocycles. The second kappa shape index (κ2) is 5.96. The van der Waals surface area contributed by atoms with Gasteiger partial charge in [-0.3, -0.25) is 0 Å². The molecule has 3 rings (SSSR count). The molecule has 1 unspecified atom stereocenters. The van der Waals surface area contributed by atoms with E-state index in [0.717, 1.165) is 12.2 Å². The third kappa shape index (κ3) is 2.62. The smallest absolute Gasteiger partial charge is 0.128 e. The topological polar surface area (TPSA) is 9.23 Å². The Labute approximate surface area is 120 Å². The van der Waals surface area contributed by atoms with E-state index in [1.54, 1.807) is 0 Å². The van der Waals surface area contributed by atoms with Gasteiger partial charge >= 0.3 is 0 Å². The summed E-state index contributed by atoms with van der Waals surface area (Å²) in [7, 11) is 0. The van der Waals surface area contributed by atoms with E-state index in [1.807, 2.05) is 6.07 Å². The van der Waals surface area contributed by atoms with Gasteiger partial charge in [-0.15, -0.1) is 0 Å². The van der Waals surface area contributed by atoms with E-state index in [-0.39, 0.29) is 6.10 Å². The van der Waals surface area contributed by atoms with Crippen molar-refractivity contribution in [2.45, 2.75) is 32.3 Å². The van der Waals surface area contributed by atoms with E-state index in [9.17, 15) is 0 Å². The molecule has 1 aliphatic heterocycles. The zero-order valence-corrected chi connectivity index (χ0v) is 11.9. The molecule has 0 saturated carbocycles. The Morgan fingerprint density at radius 1 is 1.00 bits per heavy atom. The monoisotopic (exact) mass is 264 g/mol. The van der Waals surface area contributed by atoms with Crippen molar-refractivity contribution in [3.8, 4) is 0 Å². The number of hydrogen-bond acceptors (Lipinski definition) is 1. The zero-order chi connectivity index (χ0) is 13.8. The van der Waals surface area contributed by atoms with Gasteiger partial charge in [0.25, 0.3) is 0 Å². The fourth-order valence-electron chi connectivity index (χ4n) is 2.70. The van der Waals surface area contributed by atoms with E-state index in [2.05, 4.69) is 61.5 Å². The highest BCUT2D eigenvalue weighted by Gasteiger charge is 2.26. The van der Waals surface area contributed by atoms with Crippen LogP contribution < -0.4 is 0 Å². The van der Waals surface area contributed by atoms with Crippen LogP contribution in [0.3, 0.4) is 0 Å². The van der Waals surface area contributed by atoms with Crippen molar-refractivity contribution in [3.63, 3.8) is 0 Å². The molecule has 0 spiro atoms. The van der Waals surface area contributed by atoms with Gasteiger partial charge in [0.2, 0.25) is 0 Å². The van der Waals surface area contributed by atoms with Crippen LogP contribution in [0.25, 0.3) is 11.8 Å². The van der Waals surface area contributed by atoms with E-state index in [0.29, 0.717) is 0 Å². The summed E-state index contributed by atoms with van der Waals surface area (Å²) in [6.45, 7) is 2.22. The molecule has 0 radical (unpaired) electrons. The summed E-state index contributed by atoms with van der Waals surface area (Å²) in [4.78, 5) is 0. The van der Waals surface area contributed by atoms with Gasteiger partial charge in [-0.25, -0.2) is 0 Å². The van der Waals surface area contributed by atoms with E-state index in [1.165, 1.54) is 29.5 Å². The highest BCUT2D eigenvalue weighted by Crippen LogP contribution is 2.41. The van der Waals surface area contributed by atoms with Crippen LogP contribution in [0.15, 0.2) is 54.6 Å². The number of hydrogen-bond donors (Lipinski definition) is 0. The Bertz CT molecular complexity index is 598. The SMILES string of the molecule is CCCCC1O/C(=C\c2ccccc2)c2ccccc21. The second-order valence-corrected chi connectivity index (χ2v) is 5.26. The van der Waals surface area contributed by atoms with Gasteiger partial charge in [0.1, 0.15) is 11.9 Å². The fourth-order valence-corrected chi connectivity index (χ4v) is 2.70. The molecular weight excluding hydrogens is 244 g/mol. The maximum Gasteiger partial charge on any atom is 0.128 e. The zero-order valence-electron chi connectivity index (χ0n) is 11.9. The third-order valence-corrected chi connectivity index (χ3v) is 3.76. The van der Waals surface area contributed by atoms with Crippen molar-refractivity contribution in [1.29, 1.82) is 0 Å². The summed E-state index contributed by atoms with van der Waals surface area (Å²) in [5.41, 5.74) is 3.77. The lowest BCUT2D eigenvalue weighted by atomic mass is 10.00. The average molecular weight is 264 g/mol. The van der Waals surface area contributed by atoms with E-state index < -0.39 is 0 Å². The summed E-state index contributed by atoms with van der Waals surface area (Å²) in [5.74, 6) is 1.01. The van der Waals surface area contributed by atoms with Crippen molar-refractivity contribution in [2.75, 3.05) is 0 Å². The van der Waals surface area contributed by atoms with Crippen molar-refractivity contribution in [3.05, 3.63) is 71.3 Å². The molecule has 0 N–H and O–H groups in total. The summed E-state index contributed by atoms with van der Waals surface area (Å²) in [6, 6.07) is 18.9. The number of fused-ring (bicyclic) bond motifs is 1. The number of rotatable bonds is 4. The lowest BCUT2D eigenvalue weighted by Crippen LogP contribution is -1.94. The molecule has 1 heterocycles. The summed E-state index contributed by atoms with van der Waals surface area (Å²) in [6.07, 6.45) is 5.88. The quantitative estimate of drug-likeness (QED) is 0.713. The summed E-state index contributed by atoms with van der Waals surface area (Å²) in [5, 5.41) is 0. The first-order chi connectivity index (χ1) is 9.88. The van der Waals surface area contributed by atoms with Crippen molar-refractivity contribution < 1.29 is 4.74 Å².